The van der Waals surface area contributed by atoms with E-state index < -0.39 is 0 Å². The summed E-state index contributed by atoms with van der Waals surface area (Å²) in [6.07, 6.45) is 1.72. The van der Waals surface area contributed by atoms with E-state index in [1.54, 1.807) is 13.2 Å². The van der Waals surface area contributed by atoms with Crippen molar-refractivity contribution < 1.29 is 19.0 Å². The molecule has 0 spiro atoms. The number of hydrogen-bond donors (Lipinski definition) is 1. The Bertz CT molecular complexity index is 914. The topological polar surface area (TPSA) is 83.1 Å². The van der Waals surface area contributed by atoms with Crippen LogP contribution in [0.1, 0.15) is 5.56 Å². The minimum absolute atomic E-state index is 0.244. The van der Waals surface area contributed by atoms with Gasteiger partial charge in [0.15, 0.2) is 16.7 Å². The maximum atomic E-state index is 11.8. The van der Waals surface area contributed by atoms with Gasteiger partial charge in [-0.25, -0.2) is 0 Å². The van der Waals surface area contributed by atoms with Gasteiger partial charge in [0.1, 0.15) is 19.0 Å². The van der Waals surface area contributed by atoms with Gasteiger partial charge >= 0.3 is 0 Å². The van der Waals surface area contributed by atoms with E-state index in [-0.39, 0.29) is 11.1 Å². The summed E-state index contributed by atoms with van der Waals surface area (Å²) in [7, 11) is 1.60. The number of hydrogen-bond acceptors (Lipinski definition) is 6. The standard InChI is InChI=1S/C19H17BrN2O4S/c1-24-15-4-2-3-5-16(15)26-9-8-25-14-7-6-13(20)10-12(14)11-17-18(23)22-19(21)27-17/h2-7,10-11H,8-9H2,1H3,(H2,21,22,23). The number of amides is 1. The molecule has 27 heavy (non-hydrogen) atoms. The highest BCUT2D eigenvalue weighted by atomic mass is 79.9. The molecule has 2 aromatic carbocycles. The van der Waals surface area contributed by atoms with Crippen molar-refractivity contribution in [2.24, 2.45) is 10.7 Å². The number of benzene rings is 2. The van der Waals surface area contributed by atoms with Crippen molar-refractivity contribution in [1.82, 2.24) is 0 Å². The lowest BCUT2D eigenvalue weighted by molar-refractivity contribution is -0.113. The molecular weight excluding hydrogens is 432 g/mol. The van der Waals surface area contributed by atoms with Crippen molar-refractivity contribution >= 4 is 44.8 Å². The van der Waals surface area contributed by atoms with Crippen LogP contribution in [0, 0.1) is 0 Å². The van der Waals surface area contributed by atoms with Crippen LogP contribution in [-0.4, -0.2) is 31.4 Å². The Kier molecular flexibility index (Phi) is 6.41. The summed E-state index contributed by atoms with van der Waals surface area (Å²) >= 11 is 4.58. The average molecular weight is 449 g/mol. The molecule has 3 rings (SSSR count). The summed E-state index contributed by atoms with van der Waals surface area (Å²) in [4.78, 5) is 16.0. The molecule has 1 heterocycles. The number of carbonyl (C=O) groups excluding carboxylic acids is 1. The maximum Gasteiger partial charge on any atom is 0.286 e. The van der Waals surface area contributed by atoms with E-state index in [0.717, 1.165) is 21.8 Å². The molecule has 6 nitrogen and oxygen atoms in total. The number of thioether (sulfide) groups is 1. The lowest BCUT2D eigenvalue weighted by Crippen LogP contribution is -2.10. The van der Waals surface area contributed by atoms with Gasteiger partial charge in [-0.15, -0.1) is 0 Å². The highest BCUT2D eigenvalue weighted by Crippen LogP contribution is 2.31. The van der Waals surface area contributed by atoms with Gasteiger partial charge in [0.05, 0.1) is 12.0 Å². The van der Waals surface area contributed by atoms with Gasteiger partial charge in [-0.3, -0.25) is 4.79 Å². The monoisotopic (exact) mass is 448 g/mol. The van der Waals surface area contributed by atoms with Gasteiger partial charge in [-0.2, -0.15) is 4.99 Å². The van der Waals surface area contributed by atoms with Crippen LogP contribution in [0.4, 0.5) is 0 Å². The predicted octanol–water partition coefficient (Wildman–Crippen LogP) is 3.84. The molecule has 8 heteroatoms. The van der Waals surface area contributed by atoms with E-state index in [2.05, 4.69) is 20.9 Å². The number of nitrogens with zero attached hydrogens (tertiary/aromatic N) is 1. The van der Waals surface area contributed by atoms with Crippen molar-refractivity contribution in [2.75, 3.05) is 20.3 Å². The zero-order valence-electron chi connectivity index (χ0n) is 14.5. The molecule has 0 aliphatic carbocycles. The predicted molar refractivity (Wildman–Crippen MR) is 110 cm³/mol. The number of rotatable bonds is 7. The van der Waals surface area contributed by atoms with Gasteiger partial charge in [-0.1, -0.05) is 28.1 Å². The van der Waals surface area contributed by atoms with Crippen molar-refractivity contribution in [3.63, 3.8) is 0 Å². The average Bonchev–Trinajstić information content (AvgIpc) is 2.97. The van der Waals surface area contributed by atoms with Crippen LogP contribution >= 0.6 is 27.7 Å². The van der Waals surface area contributed by atoms with E-state index in [4.69, 9.17) is 19.9 Å². The number of amidine groups is 1. The van der Waals surface area contributed by atoms with E-state index in [9.17, 15) is 4.79 Å². The van der Waals surface area contributed by atoms with Gasteiger partial charge in [0, 0.05) is 10.0 Å². The third-order valence-electron chi connectivity index (χ3n) is 3.56. The second-order valence-corrected chi connectivity index (χ2v) is 7.37. The van der Waals surface area contributed by atoms with Gasteiger partial charge in [0.25, 0.3) is 5.91 Å². The first kappa shape index (κ1) is 19.3. The van der Waals surface area contributed by atoms with E-state index >= 15 is 0 Å². The lowest BCUT2D eigenvalue weighted by atomic mass is 10.2. The molecule has 0 bridgehead atoms. The van der Waals surface area contributed by atoms with Crippen molar-refractivity contribution in [2.45, 2.75) is 0 Å². The van der Waals surface area contributed by atoms with Crippen LogP contribution in [0.3, 0.4) is 0 Å². The molecule has 2 aromatic rings. The van der Waals surface area contributed by atoms with Gasteiger partial charge in [-0.05, 0) is 48.2 Å². The summed E-state index contributed by atoms with van der Waals surface area (Å²) < 4.78 is 17.7. The second kappa shape index (κ2) is 8.96. The zero-order valence-corrected chi connectivity index (χ0v) is 16.9. The van der Waals surface area contributed by atoms with Crippen LogP contribution < -0.4 is 19.9 Å². The first-order valence-corrected chi connectivity index (χ1v) is 9.64. The summed E-state index contributed by atoms with van der Waals surface area (Å²) in [5, 5.41) is 0.244. The smallest absolute Gasteiger partial charge is 0.286 e. The van der Waals surface area contributed by atoms with E-state index in [1.807, 2.05) is 42.5 Å². The lowest BCUT2D eigenvalue weighted by Gasteiger charge is -2.13. The first-order chi connectivity index (χ1) is 13.1. The Morgan fingerprint density at radius 1 is 1.11 bits per heavy atom. The molecule has 0 saturated heterocycles. The molecule has 0 atom stereocenters. The summed E-state index contributed by atoms with van der Waals surface area (Å²) in [5.41, 5.74) is 6.35. The zero-order chi connectivity index (χ0) is 19.2. The van der Waals surface area contributed by atoms with Crippen LogP contribution in [0.2, 0.25) is 0 Å². The number of methoxy groups -OCH3 is 1. The normalized spacial score (nSPS) is 15.0. The van der Waals surface area contributed by atoms with Crippen LogP contribution in [0.25, 0.3) is 6.08 Å². The van der Waals surface area contributed by atoms with Crippen molar-refractivity contribution in [3.8, 4) is 17.2 Å². The fourth-order valence-electron chi connectivity index (χ4n) is 2.37. The largest absolute Gasteiger partial charge is 0.493 e. The quantitative estimate of drug-likeness (QED) is 0.511. The molecular formula is C19H17BrN2O4S. The minimum atomic E-state index is -0.345. The van der Waals surface area contributed by atoms with Gasteiger partial charge in [0.2, 0.25) is 0 Å². The van der Waals surface area contributed by atoms with E-state index in [1.165, 1.54) is 0 Å². The highest BCUT2D eigenvalue weighted by Gasteiger charge is 2.20. The number of halogens is 1. The molecule has 2 N–H and O–H groups in total. The molecule has 1 amide bonds. The number of nitrogens with two attached hydrogens (primary N) is 1. The van der Waals surface area contributed by atoms with E-state index in [0.29, 0.717) is 35.4 Å². The molecule has 0 radical (unpaired) electrons. The number of aliphatic imine (C=N–C) groups is 1. The molecule has 0 fully saturated rings. The number of ether oxygens (including phenoxy) is 3. The maximum absolute atomic E-state index is 11.8. The molecule has 0 saturated carbocycles. The molecule has 140 valence electrons. The Hall–Kier alpha value is -2.45. The fraction of sp³-hybridized carbons (Fsp3) is 0.158. The fourth-order valence-corrected chi connectivity index (χ4v) is 3.42. The van der Waals surface area contributed by atoms with Crippen molar-refractivity contribution in [3.05, 3.63) is 57.4 Å². The minimum Gasteiger partial charge on any atom is -0.493 e. The van der Waals surface area contributed by atoms with Crippen LogP contribution in [-0.2, 0) is 4.79 Å². The first-order valence-electron chi connectivity index (χ1n) is 8.03. The Morgan fingerprint density at radius 2 is 1.81 bits per heavy atom. The molecule has 0 unspecified atom stereocenters. The third-order valence-corrected chi connectivity index (χ3v) is 4.87. The van der Waals surface area contributed by atoms with Crippen molar-refractivity contribution in [1.29, 1.82) is 0 Å². The number of para-hydroxylation sites is 2. The third kappa shape index (κ3) is 5.05. The Labute approximate surface area is 169 Å². The highest BCUT2D eigenvalue weighted by molar-refractivity contribution is 9.10. The van der Waals surface area contributed by atoms with Gasteiger partial charge < -0.3 is 19.9 Å². The van der Waals surface area contributed by atoms with Crippen LogP contribution in [0.5, 0.6) is 17.2 Å². The second-order valence-electron chi connectivity index (χ2n) is 5.40. The summed E-state index contributed by atoms with van der Waals surface area (Å²) in [5.74, 6) is 1.61. The Balaban J connectivity index is 1.65. The number of carbonyl (C=O) groups is 1. The molecule has 1 aliphatic rings. The van der Waals surface area contributed by atoms with Crippen LogP contribution in [0.15, 0.2) is 56.8 Å². The Morgan fingerprint density at radius 3 is 2.48 bits per heavy atom. The summed E-state index contributed by atoms with van der Waals surface area (Å²) in [6.45, 7) is 0.672. The summed E-state index contributed by atoms with van der Waals surface area (Å²) in [6, 6.07) is 13.0. The molecule has 1 aliphatic heterocycles. The molecule has 0 aromatic heterocycles. The SMILES string of the molecule is COc1ccccc1OCCOc1ccc(Br)cc1C=C1SC(N)=NC1=O.